The molecule has 3 aromatic carbocycles. The Balaban J connectivity index is 2.08. The second-order valence-corrected chi connectivity index (χ2v) is 7.49. The molecular formula is C28H15F5N2. The van der Waals surface area contributed by atoms with Gasteiger partial charge in [0.1, 0.15) is 11.6 Å². The predicted molar refractivity (Wildman–Crippen MR) is 120 cm³/mol. The zero-order valence-corrected chi connectivity index (χ0v) is 18.3. The third kappa shape index (κ3) is 6.26. The molecule has 0 aromatic heterocycles. The topological polar surface area (TPSA) is 47.6 Å². The highest BCUT2D eigenvalue weighted by atomic mass is 19.4. The van der Waals surface area contributed by atoms with Crippen LogP contribution in [0.3, 0.4) is 0 Å². The van der Waals surface area contributed by atoms with Gasteiger partial charge in [-0.05, 0) is 60.0 Å². The molecule has 0 fully saturated rings. The van der Waals surface area contributed by atoms with Crippen molar-refractivity contribution < 1.29 is 22.0 Å². The maximum absolute atomic E-state index is 13.9. The monoisotopic (exact) mass is 474 g/mol. The number of hydrogen-bond acceptors (Lipinski definition) is 2. The predicted octanol–water partition coefficient (Wildman–Crippen LogP) is 6.22. The fourth-order valence-corrected chi connectivity index (χ4v) is 3.16. The van der Waals surface area contributed by atoms with E-state index in [2.05, 4.69) is 23.7 Å². The minimum Gasteiger partial charge on any atom is -0.207 e. The number of aryl methyl sites for hydroxylation is 1. The minimum absolute atomic E-state index is 0.00251. The summed E-state index contributed by atoms with van der Waals surface area (Å²) in [5, 5.41) is 18.4. The number of nitriles is 2. The van der Waals surface area contributed by atoms with Gasteiger partial charge in [0.25, 0.3) is 0 Å². The van der Waals surface area contributed by atoms with E-state index in [-0.39, 0.29) is 18.4 Å². The summed E-state index contributed by atoms with van der Waals surface area (Å²) in [4.78, 5) is 0. The summed E-state index contributed by atoms with van der Waals surface area (Å²) in [7, 11) is 0. The van der Waals surface area contributed by atoms with Gasteiger partial charge in [0.05, 0.1) is 30.5 Å². The van der Waals surface area contributed by atoms with Crippen molar-refractivity contribution in [3.8, 4) is 35.8 Å². The van der Waals surface area contributed by atoms with Gasteiger partial charge in [-0.2, -0.15) is 23.7 Å². The van der Waals surface area contributed by atoms with E-state index in [0.29, 0.717) is 45.5 Å². The van der Waals surface area contributed by atoms with Crippen molar-refractivity contribution in [2.75, 3.05) is 0 Å². The lowest BCUT2D eigenvalue weighted by atomic mass is 9.95. The van der Waals surface area contributed by atoms with Crippen LogP contribution in [-0.2, 0) is 19.0 Å². The third-order valence-corrected chi connectivity index (χ3v) is 5.00. The molecule has 0 aliphatic heterocycles. The summed E-state index contributed by atoms with van der Waals surface area (Å²) in [6.07, 6.45) is -4.86. The van der Waals surface area contributed by atoms with Crippen LogP contribution in [-0.4, -0.2) is 0 Å². The van der Waals surface area contributed by atoms with Crippen molar-refractivity contribution in [3.63, 3.8) is 0 Å². The molecule has 0 unspecified atom stereocenters. The quantitative estimate of drug-likeness (QED) is 0.327. The Hall–Kier alpha value is -4.59. The van der Waals surface area contributed by atoms with Gasteiger partial charge in [-0.1, -0.05) is 35.8 Å². The second-order valence-electron chi connectivity index (χ2n) is 7.49. The highest BCUT2D eigenvalue weighted by Gasteiger charge is 2.33. The van der Waals surface area contributed by atoms with Crippen LogP contribution in [0, 0.1) is 64.9 Å². The number of halogens is 5. The van der Waals surface area contributed by atoms with Crippen molar-refractivity contribution in [1.82, 2.24) is 0 Å². The van der Waals surface area contributed by atoms with Crippen LogP contribution in [0.2, 0.25) is 0 Å². The zero-order valence-electron chi connectivity index (χ0n) is 18.3. The first-order chi connectivity index (χ1) is 16.6. The van der Waals surface area contributed by atoms with Crippen LogP contribution >= 0.6 is 0 Å². The molecule has 0 N–H and O–H groups in total. The number of nitrogens with zero attached hydrogens (tertiary/aromatic N) is 2. The van der Waals surface area contributed by atoms with Crippen LogP contribution in [0.15, 0.2) is 48.5 Å². The number of hydrogen-bond donors (Lipinski definition) is 0. The van der Waals surface area contributed by atoms with Crippen molar-refractivity contribution in [2.24, 2.45) is 0 Å². The van der Waals surface area contributed by atoms with Crippen LogP contribution in [0.4, 0.5) is 22.0 Å². The van der Waals surface area contributed by atoms with Crippen molar-refractivity contribution >= 4 is 0 Å². The average Bonchev–Trinajstić information content (AvgIpc) is 2.79. The molecule has 0 bridgehead atoms. The Morgan fingerprint density at radius 1 is 0.686 bits per heavy atom. The molecule has 2 nitrogen and oxygen atoms in total. The molecule has 0 aliphatic carbocycles. The van der Waals surface area contributed by atoms with E-state index in [0.717, 1.165) is 6.07 Å². The van der Waals surface area contributed by atoms with Gasteiger partial charge in [-0.25, -0.2) is 8.78 Å². The highest BCUT2D eigenvalue weighted by Crippen LogP contribution is 2.31. The van der Waals surface area contributed by atoms with Gasteiger partial charge in [0.15, 0.2) is 0 Å². The maximum atomic E-state index is 13.9. The summed E-state index contributed by atoms with van der Waals surface area (Å²) in [5.41, 5.74) is 1.34. The molecule has 0 aliphatic rings. The third-order valence-electron chi connectivity index (χ3n) is 5.00. The van der Waals surface area contributed by atoms with Gasteiger partial charge < -0.3 is 0 Å². The Morgan fingerprint density at radius 2 is 1.20 bits per heavy atom. The summed E-state index contributed by atoms with van der Waals surface area (Å²) in [6, 6.07) is 14.1. The molecule has 3 aromatic rings. The van der Waals surface area contributed by atoms with E-state index in [9.17, 15) is 32.5 Å². The Labute approximate surface area is 199 Å². The van der Waals surface area contributed by atoms with Crippen LogP contribution in [0.1, 0.15) is 44.5 Å². The molecule has 3 rings (SSSR count). The molecule has 0 heterocycles. The lowest BCUT2D eigenvalue weighted by Gasteiger charge is -2.08. The van der Waals surface area contributed by atoms with Gasteiger partial charge >= 0.3 is 6.18 Å². The van der Waals surface area contributed by atoms with E-state index < -0.39 is 23.4 Å². The van der Waals surface area contributed by atoms with E-state index in [1.54, 1.807) is 31.2 Å². The zero-order chi connectivity index (χ0) is 25.6. The smallest absolute Gasteiger partial charge is 0.207 e. The molecule has 7 heteroatoms. The van der Waals surface area contributed by atoms with E-state index in [1.807, 2.05) is 12.1 Å². The van der Waals surface area contributed by atoms with E-state index >= 15 is 0 Å². The van der Waals surface area contributed by atoms with Crippen LogP contribution < -0.4 is 0 Å². The van der Waals surface area contributed by atoms with Crippen LogP contribution in [0.25, 0.3) is 0 Å². The summed E-state index contributed by atoms with van der Waals surface area (Å²) in [5.74, 6) is 9.27. The maximum Gasteiger partial charge on any atom is 0.419 e. The van der Waals surface area contributed by atoms with E-state index in [4.69, 9.17) is 0 Å². The first-order valence-corrected chi connectivity index (χ1v) is 10.2. The van der Waals surface area contributed by atoms with Gasteiger partial charge in [-0.15, -0.1) is 0 Å². The van der Waals surface area contributed by atoms with E-state index in [1.165, 1.54) is 6.07 Å². The van der Waals surface area contributed by atoms with Gasteiger partial charge in [-0.3, -0.25) is 0 Å². The van der Waals surface area contributed by atoms with Gasteiger partial charge in [0, 0.05) is 22.3 Å². The Kier molecular flexibility index (Phi) is 7.56. The number of rotatable bonds is 2. The Bertz CT molecular complexity index is 1500. The van der Waals surface area contributed by atoms with Gasteiger partial charge in [0.2, 0.25) is 0 Å². The SMILES string of the molecule is Cc1ccc(C#Cc2cc(C#Cc3ccc(C(F)(F)F)c(F)c3)c(CC#N)cc2CC#N)cc1F. The summed E-state index contributed by atoms with van der Waals surface area (Å²) in [6.45, 7) is 1.62. The first kappa shape index (κ1) is 25.0. The Morgan fingerprint density at radius 3 is 1.66 bits per heavy atom. The summed E-state index contributed by atoms with van der Waals surface area (Å²) < 4.78 is 66.1. The van der Waals surface area contributed by atoms with Crippen molar-refractivity contribution in [2.45, 2.75) is 25.9 Å². The number of alkyl halides is 3. The molecule has 0 spiro atoms. The highest BCUT2D eigenvalue weighted by molar-refractivity contribution is 5.57. The average molecular weight is 474 g/mol. The van der Waals surface area contributed by atoms with Crippen LogP contribution in [0.5, 0.6) is 0 Å². The molecule has 0 saturated heterocycles. The fourth-order valence-electron chi connectivity index (χ4n) is 3.16. The molecule has 0 atom stereocenters. The molecule has 0 radical (unpaired) electrons. The summed E-state index contributed by atoms with van der Waals surface area (Å²) >= 11 is 0. The molecule has 172 valence electrons. The fraction of sp³-hybridized carbons (Fsp3) is 0.143. The van der Waals surface area contributed by atoms with Crippen molar-refractivity contribution in [1.29, 1.82) is 10.5 Å². The number of benzene rings is 3. The largest absolute Gasteiger partial charge is 0.419 e. The molecule has 0 amide bonds. The lowest BCUT2D eigenvalue weighted by Crippen LogP contribution is -2.07. The molecular weight excluding hydrogens is 459 g/mol. The van der Waals surface area contributed by atoms with Crippen molar-refractivity contribution in [3.05, 3.63) is 105 Å². The molecule has 0 saturated carbocycles. The normalized spacial score (nSPS) is 10.3. The lowest BCUT2D eigenvalue weighted by molar-refractivity contribution is -0.140. The molecule has 35 heavy (non-hydrogen) atoms. The first-order valence-electron chi connectivity index (χ1n) is 10.2. The minimum atomic E-state index is -4.82. The second kappa shape index (κ2) is 10.6. The standard InChI is InChI=1S/C28H15F5N2/c1-18-2-3-19(14-26(18)29)4-7-21-16-22(24(11-13-35)17-23(21)10-12-34)8-5-20-6-9-25(27(30)15-20)28(31,32)33/h2-3,6,9,14-17H,10-11H2,1H3.